The van der Waals surface area contributed by atoms with Gasteiger partial charge in [-0.2, -0.15) is 0 Å². The van der Waals surface area contributed by atoms with Crippen LogP contribution in [0.25, 0.3) is 33.3 Å². The highest BCUT2D eigenvalue weighted by Crippen LogP contribution is 2.45. The van der Waals surface area contributed by atoms with Crippen LogP contribution in [0.3, 0.4) is 0 Å². The van der Waals surface area contributed by atoms with Gasteiger partial charge in [0.25, 0.3) is 11.8 Å². The molecule has 5 aliphatic heterocycles. The molecular weight excluding hydrogens is 815 g/mol. The molecule has 64 heavy (non-hydrogen) atoms. The van der Waals surface area contributed by atoms with Crippen molar-refractivity contribution >= 4 is 57.0 Å². The van der Waals surface area contributed by atoms with Crippen LogP contribution in [-0.2, 0) is 19.1 Å². The molecule has 0 radical (unpaired) electrons. The number of aryl methyl sites for hydroxylation is 1. The number of likely N-dealkylation sites (N-methyl/N-ethyl adjacent to an activating group) is 2. The predicted octanol–water partition coefficient (Wildman–Crippen LogP) is 4.65. The second-order valence-corrected chi connectivity index (χ2v) is 17.2. The third kappa shape index (κ3) is 9.33. The molecule has 0 saturated carbocycles. The van der Waals surface area contributed by atoms with E-state index in [0.29, 0.717) is 111 Å². The number of H-pyrrole nitrogens is 2. The maximum absolute atomic E-state index is 15.1. The van der Waals surface area contributed by atoms with Gasteiger partial charge >= 0.3 is 0 Å². The Kier molecular flexibility index (Phi) is 14.6. The molecule has 7 rings (SSSR count). The molecule has 1 fully saturated rings. The fourth-order valence-corrected chi connectivity index (χ4v) is 9.20. The standard InChI is InChI=1S/C48H63N9O7/c1-8-32-28(2)36-26-40-33(9-11-42(60)55(7)17-21-64-24-20-58)29(3)35(51-40)25-37-30(4)34(10-12-41(59)54(6)14-13-49)45(52-37)44-46-43(31(5)38(53-46)27-39(32)50-36)47(61)57(48(44)62)16-15-56-18-22-63-23-19-56/h9,11,25-27,30,34,52-53,58H,8,10,12-24,49H2,1-7H3/b11-9+,37-25?,39-27?,40-26?,45-44?/t30-,34-/m0/s1. The highest BCUT2D eigenvalue weighted by Gasteiger charge is 2.41. The van der Waals surface area contributed by atoms with E-state index in [0.717, 1.165) is 44.9 Å². The molecule has 0 aromatic carbocycles. The second-order valence-electron chi connectivity index (χ2n) is 17.2. The van der Waals surface area contributed by atoms with Crippen molar-refractivity contribution in [2.45, 2.75) is 65.7 Å². The number of hydrogen-bond acceptors (Lipinski definition) is 11. The molecule has 5 aliphatic rings. The predicted molar refractivity (Wildman–Crippen MR) is 247 cm³/mol. The smallest absolute Gasteiger partial charge is 0.264 e. The molecule has 0 spiro atoms. The van der Waals surface area contributed by atoms with E-state index in [1.165, 1.54) is 11.0 Å². The Morgan fingerprint density at radius 2 is 1.66 bits per heavy atom. The van der Waals surface area contributed by atoms with E-state index < -0.39 is 5.91 Å². The van der Waals surface area contributed by atoms with Crippen molar-refractivity contribution in [2.75, 3.05) is 92.9 Å². The number of imide groups is 1. The summed E-state index contributed by atoms with van der Waals surface area (Å²) in [5, 5.41) is 9.07. The third-order valence-electron chi connectivity index (χ3n) is 13.2. The second kappa shape index (κ2) is 20.1. The minimum Gasteiger partial charge on any atom is -0.394 e. The number of nitrogens with one attached hydrogen (secondary N) is 2. The lowest BCUT2D eigenvalue weighted by atomic mass is 9.84. The van der Waals surface area contributed by atoms with Gasteiger partial charge in [0, 0.05) is 107 Å². The highest BCUT2D eigenvalue weighted by molar-refractivity contribution is 6.23. The number of fused-ring (bicyclic) bond motifs is 8. The lowest BCUT2D eigenvalue weighted by Crippen LogP contribution is -2.47. The van der Waals surface area contributed by atoms with Crippen molar-refractivity contribution in [3.63, 3.8) is 0 Å². The average Bonchev–Trinajstić information content (AvgIpc) is 3.96. The largest absolute Gasteiger partial charge is 0.394 e. The summed E-state index contributed by atoms with van der Waals surface area (Å²) in [5.74, 6) is -1.50. The van der Waals surface area contributed by atoms with Crippen LogP contribution in [0, 0.1) is 6.92 Å². The first-order valence-corrected chi connectivity index (χ1v) is 22.5. The summed E-state index contributed by atoms with van der Waals surface area (Å²) in [6.07, 6.45) is 4.68. The van der Waals surface area contributed by atoms with Crippen molar-refractivity contribution in [1.29, 1.82) is 0 Å². The topological polar surface area (TPSA) is 203 Å². The number of aromatic nitrogens is 4. The number of amides is 4. The number of nitrogens with zero attached hydrogens (tertiary/aromatic N) is 6. The Bertz CT molecular complexity index is 2470. The zero-order valence-corrected chi connectivity index (χ0v) is 38.3. The van der Waals surface area contributed by atoms with E-state index in [9.17, 15) is 14.4 Å². The molecule has 5 N–H and O–H groups in total. The van der Waals surface area contributed by atoms with Gasteiger partial charge in [-0.3, -0.25) is 29.0 Å². The normalized spacial score (nSPS) is 18.4. The molecule has 1 saturated heterocycles. The van der Waals surface area contributed by atoms with Gasteiger partial charge in [0.2, 0.25) is 11.8 Å². The Morgan fingerprint density at radius 3 is 2.38 bits per heavy atom. The number of carbonyl (C=O) groups excluding carboxylic acids is 4. The lowest BCUT2D eigenvalue weighted by Gasteiger charge is -2.31. The lowest BCUT2D eigenvalue weighted by molar-refractivity contribution is -0.130. The van der Waals surface area contributed by atoms with Crippen molar-refractivity contribution in [1.82, 2.24) is 39.5 Å². The SMILES string of the molecule is CCC1=C(C)c2cc3nc(cc4[nH]c(c5c6[nH]c(cc1n2)c(C)c6C(=O)N(CCN1CCOCC1)C5=O)[C@@H](CCC(=O)N(C)CCN)[C@@H]4C)C(C)=C3/C=C/C(=O)N(C)CCOCCO. The monoisotopic (exact) mass is 877 g/mol. The fourth-order valence-electron chi connectivity index (χ4n) is 9.20. The molecule has 2 atom stereocenters. The summed E-state index contributed by atoms with van der Waals surface area (Å²) in [7, 11) is 3.45. The van der Waals surface area contributed by atoms with E-state index in [4.69, 9.17) is 30.3 Å². The quantitative estimate of drug-likeness (QED) is 0.104. The number of aliphatic hydroxyl groups excluding tert-OH is 1. The van der Waals surface area contributed by atoms with E-state index in [1.807, 2.05) is 39.0 Å². The summed E-state index contributed by atoms with van der Waals surface area (Å²) in [6.45, 7) is 15.0. The highest BCUT2D eigenvalue weighted by atomic mass is 16.5. The van der Waals surface area contributed by atoms with Crippen LogP contribution in [-0.4, -0.2) is 161 Å². The molecule has 342 valence electrons. The number of rotatable bonds is 16. The van der Waals surface area contributed by atoms with Crippen molar-refractivity contribution in [3.05, 3.63) is 81.2 Å². The number of morpholine rings is 1. The van der Waals surface area contributed by atoms with E-state index in [2.05, 4.69) is 28.7 Å². The van der Waals surface area contributed by atoms with Gasteiger partial charge in [-0.25, -0.2) is 9.97 Å². The van der Waals surface area contributed by atoms with Crippen molar-refractivity contribution in [3.8, 4) is 0 Å². The summed E-state index contributed by atoms with van der Waals surface area (Å²) in [4.78, 5) is 80.9. The number of nitrogens with two attached hydrogens (primary N) is 1. The van der Waals surface area contributed by atoms with Crippen LogP contribution in [0.4, 0.5) is 0 Å². The third-order valence-corrected chi connectivity index (χ3v) is 13.2. The zero-order valence-electron chi connectivity index (χ0n) is 38.3. The van der Waals surface area contributed by atoms with Crippen LogP contribution in [0.15, 0.2) is 30.4 Å². The number of ether oxygens (including phenoxy) is 2. The minimum atomic E-state index is -0.396. The molecule has 4 amide bonds. The van der Waals surface area contributed by atoms with Gasteiger partial charge in [-0.15, -0.1) is 0 Å². The number of aromatic amines is 2. The molecule has 8 bridgehead atoms. The molecule has 7 heterocycles. The maximum Gasteiger partial charge on any atom is 0.264 e. The van der Waals surface area contributed by atoms with E-state index in [-0.39, 0.29) is 55.7 Å². The number of hydrogen-bond donors (Lipinski definition) is 4. The molecule has 0 aliphatic carbocycles. The zero-order chi connectivity index (χ0) is 45.8. The number of carbonyl (C=O) groups is 4. The molecular formula is C48H63N9O7. The first-order valence-electron chi connectivity index (χ1n) is 22.5. The Balaban J connectivity index is 1.45. The van der Waals surface area contributed by atoms with Crippen LogP contribution in [0.5, 0.6) is 0 Å². The first-order chi connectivity index (χ1) is 30.8. The molecule has 2 aromatic heterocycles. The average molecular weight is 878 g/mol. The Morgan fingerprint density at radius 1 is 0.938 bits per heavy atom. The summed E-state index contributed by atoms with van der Waals surface area (Å²) in [6, 6.07) is 5.93. The Labute approximate surface area is 374 Å². The summed E-state index contributed by atoms with van der Waals surface area (Å²) in [5.41, 5.74) is 16.4. The molecule has 0 unspecified atom stereocenters. The van der Waals surface area contributed by atoms with Crippen molar-refractivity contribution in [2.24, 2.45) is 5.73 Å². The summed E-state index contributed by atoms with van der Waals surface area (Å²) < 4.78 is 11.0. The summed E-state index contributed by atoms with van der Waals surface area (Å²) >= 11 is 0. The number of allylic oxidation sites excluding steroid dienone is 5. The van der Waals surface area contributed by atoms with E-state index >= 15 is 4.79 Å². The molecule has 2 aromatic rings. The van der Waals surface area contributed by atoms with Crippen LogP contribution >= 0.6 is 0 Å². The van der Waals surface area contributed by atoms with Gasteiger partial charge in [-0.05, 0) is 80.2 Å². The van der Waals surface area contributed by atoms with Gasteiger partial charge < -0.3 is 40.1 Å². The van der Waals surface area contributed by atoms with E-state index in [1.54, 1.807) is 30.0 Å². The van der Waals surface area contributed by atoms with Crippen LogP contribution in [0.1, 0.15) is 119 Å². The molecule has 16 heteroatoms. The van der Waals surface area contributed by atoms with Crippen LogP contribution in [0.2, 0.25) is 0 Å². The van der Waals surface area contributed by atoms with Gasteiger partial charge in [-0.1, -0.05) is 13.8 Å². The van der Waals surface area contributed by atoms with Gasteiger partial charge in [0.15, 0.2) is 0 Å². The minimum absolute atomic E-state index is 0.0464. The van der Waals surface area contributed by atoms with Gasteiger partial charge in [0.1, 0.15) is 0 Å². The first kappa shape index (κ1) is 46.5. The van der Waals surface area contributed by atoms with Crippen LogP contribution < -0.4 is 5.73 Å². The fraction of sp³-hybridized carbons (Fsp3) is 0.500. The number of aliphatic hydroxyl groups is 1. The van der Waals surface area contributed by atoms with Gasteiger partial charge in [0.05, 0.1) is 72.5 Å². The molecule has 16 nitrogen and oxygen atoms in total. The Hall–Kier alpha value is -5.52. The van der Waals surface area contributed by atoms with Crippen molar-refractivity contribution < 1.29 is 33.8 Å². The maximum atomic E-state index is 15.1.